The predicted molar refractivity (Wildman–Crippen MR) is 113 cm³/mol. The normalized spacial score (nSPS) is 12.4. The molecule has 3 aromatic rings. The van der Waals surface area contributed by atoms with Crippen molar-refractivity contribution in [2.45, 2.75) is 24.9 Å². The number of nitrogens with two attached hydrogens (primary N) is 1. The second-order valence-corrected chi connectivity index (χ2v) is 7.76. The zero-order valence-corrected chi connectivity index (χ0v) is 17.0. The molecule has 8 nitrogen and oxygen atoms in total. The molecule has 0 fully saturated rings. The fourth-order valence-corrected chi connectivity index (χ4v) is 3.98. The van der Waals surface area contributed by atoms with Gasteiger partial charge in [-0.15, -0.1) is 10.2 Å². The molecule has 1 amide bonds. The number of aromatic nitrogens is 3. The molecule has 4 rings (SSSR count). The zero-order valence-electron chi connectivity index (χ0n) is 16.2. The minimum Gasteiger partial charge on any atom is -0.336 e. The van der Waals surface area contributed by atoms with Gasteiger partial charge < -0.3 is 11.2 Å². The Kier molecular flexibility index (Phi) is 5.37. The molecule has 3 N–H and O–H groups in total. The molecule has 0 unspecified atom stereocenters. The van der Waals surface area contributed by atoms with Gasteiger partial charge in [-0.05, 0) is 24.6 Å². The summed E-state index contributed by atoms with van der Waals surface area (Å²) in [4.78, 5) is 37.8. The van der Waals surface area contributed by atoms with Gasteiger partial charge in [0.2, 0.25) is 11.1 Å². The van der Waals surface area contributed by atoms with Crippen molar-refractivity contribution in [2.75, 3.05) is 16.9 Å². The number of carbonyl (C=O) groups excluding carboxylic acids is 3. The van der Waals surface area contributed by atoms with Crippen molar-refractivity contribution < 1.29 is 14.4 Å². The van der Waals surface area contributed by atoms with E-state index in [-0.39, 0.29) is 28.8 Å². The van der Waals surface area contributed by atoms with Gasteiger partial charge in [-0.3, -0.25) is 14.4 Å². The highest BCUT2D eigenvalue weighted by molar-refractivity contribution is 7.99. The van der Waals surface area contributed by atoms with E-state index < -0.39 is 0 Å². The Morgan fingerprint density at radius 2 is 1.70 bits per heavy atom. The second-order valence-electron chi connectivity index (χ2n) is 6.82. The van der Waals surface area contributed by atoms with Crippen molar-refractivity contribution in [3.05, 3.63) is 70.5 Å². The average Bonchev–Trinajstić information content (AvgIpc) is 3.10. The lowest BCUT2D eigenvalue weighted by Crippen LogP contribution is -2.22. The zero-order chi connectivity index (χ0) is 21.3. The van der Waals surface area contributed by atoms with Crippen molar-refractivity contribution in [2.24, 2.45) is 0 Å². The topological polar surface area (TPSA) is 120 Å². The summed E-state index contributed by atoms with van der Waals surface area (Å²) in [6.07, 6.45) is 1.60. The van der Waals surface area contributed by atoms with E-state index in [1.54, 1.807) is 42.5 Å². The number of rotatable bonds is 6. The summed E-state index contributed by atoms with van der Waals surface area (Å²) < 4.78 is 1.39. The Bertz CT molecular complexity index is 1170. The first kappa shape index (κ1) is 19.8. The SMILES string of the molecule is CCCc1nnc(SCC(=O)Nc2ccc3c(c2)C(=O)c2ccccc2C3=O)n1N. The first-order valence-electron chi connectivity index (χ1n) is 9.44. The van der Waals surface area contributed by atoms with Gasteiger partial charge >= 0.3 is 0 Å². The number of amides is 1. The predicted octanol–water partition coefficient (Wildman–Crippen LogP) is 2.45. The lowest BCUT2D eigenvalue weighted by molar-refractivity contribution is -0.113. The first-order chi connectivity index (χ1) is 14.5. The number of carbonyl (C=O) groups is 3. The van der Waals surface area contributed by atoms with Crippen LogP contribution in [0.5, 0.6) is 0 Å². The number of fused-ring (bicyclic) bond motifs is 2. The molecule has 2 aromatic carbocycles. The fourth-order valence-electron chi connectivity index (χ4n) is 3.30. The molecule has 1 aromatic heterocycles. The summed E-state index contributed by atoms with van der Waals surface area (Å²) in [5.74, 6) is 5.98. The van der Waals surface area contributed by atoms with Crippen LogP contribution in [0.2, 0.25) is 0 Å². The maximum absolute atomic E-state index is 12.8. The monoisotopic (exact) mass is 421 g/mol. The second kappa shape index (κ2) is 8.11. The van der Waals surface area contributed by atoms with Crippen LogP contribution in [-0.4, -0.2) is 38.1 Å². The number of anilines is 1. The van der Waals surface area contributed by atoms with Crippen molar-refractivity contribution in [3.8, 4) is 0 Å². The molecule has 0 radical (unpaired) electrons. The van der Waals surface area contributed by atoms with Crippen LogP contribution in [0, 0.1) is 0 Å². The van der Waals surface area contributed by atoms with E-state index in [0.717, 1.165) is 6.42 Å². The van der Waals surface area contributed by atoms with Crippen molar-refractivity contribution in [1.29, 1.82) is 0 Å². The molecule has 152 valence electrons. The fraction of sp³-hybridized carbons (Fsp3) is 0.190. The van der Waals surface area contributed by atoms with Crippen LogP contribution in [0.4, 0.5) is 5.69 Å². The van der Waals surface area contributed by atoms with Crippen LogP contribution in [-0.2, 0) is 11.2 Å². The molecule has 9 heteroatoms. The molecule has 0 saturated carbocycles. The minimum atomic E-state index is -0.282. The van der Waals surface area contributed by atoms with Gasteiger partial charge in [0.25, 0.3) is 0 Å². The minimum absolute atomic E-state index is 0.0776. The lowest BCUT2D eigenvalue weighted by atomic mass is 9.84. The van der Waals surface area contributed by atoms with Crippen LogP contribution in [0.1, 0.15) is 51.0 Å². The van der Waals surface area contributed by atoms with Crippen molar-refractivity contribution in [3.63, 3.8) is 0 Å². The van der Waals surface area contributed by atoms with Gasteiger partial charge in [0, 0.05) is 34.4 Å². The number of nitrogens with zero attached hydrogens (tertiary/aromatic N) is 3. The Labute approximate surface area is 176 Å². The largest absolute Gasteiger partial charge is 0.336 e. The number of aryl methyl sites for hydroxylation is 1. The molecule has 1 aliphatic rings. The van der Waals surface area contributed by atoms with Gasteiger partial charge in [-0.25, -0.2) is 4.68 Å². The highest BCUT2D eigenvalue weighted by Gasteiger charge is 2.29. The number of nitrogen functional groups attached to an aromatic ring is 1. The van der Waals surface area contributed by atoms with Gasteiger partial charge in [-0.1, -0.05) is 43.0 Å². The van der Waals surface area contributed by atoms with Gasteiger partial charge in [0.05, 0.1) is 5.75 Å². The molecule has 0 atom stereocenters. The summed E-state index contributed by atoms with van der Waals surface area (Å²) in [6, 6.07) is 11.5. The molecular weight excluding hydrogens is 402 g/mol. The molecule has 1 heterocycles. The first-order valence-corrected chi connectivity index (χ1v) is 10.4. The summed E-state index contributed by atoms with van der Waals surface area (Å²) in [5, 5.41) is 11.2. The number of thioether (sulfide) groups is 1. The average molecular weight is 421 g/mol. The third-order valence-electron chi connectivity index (χ3n) is 4.75. The van der Waals surface area contributed by atoms with E-state index in [2.05, 4.69) is 15.5 Å². The number of ketones is 2. The number of benzene rings is 2. The molecule has 1 aliphatic carbocycles. The van der Waals surface area contributed by atoms with Crippen molar-refractivity contribution >= 4 is 34.9 Å². The third-order valence-corrected chi connectivity index (χ3v) is 5.69. The Hall–Kier alpha value is -3.46. The van der Waals surface area contributed by atoms with Crippen LogP contribution in [0.3, 0.4) is 0 Å². The molecule has 0 spiro atoms. The van der Waals surface area contributed by atoms with Gasteiger partial charge in [0.15, 0.2) is 17.4 Å². The Balaban J connectivity index is 1.46. The van der Waals surface area contributed by atoms with E-state index in [1.165, 1.54) is 16.4 Å². The highest BCUT2D eigenvalue weighted by atomic mass is 32.2. The smallest absolute Gasteiger partial charge is 0.234 e. The number of nitrogens with one attached hydrogen (secondary N) is 1. The summed E-state index contributed by atoms with van der Waals surface area (Å²) in [7, 11) is 0. The molecular formula is C21H19N5O3S. The van der Waals surface area contributed by atoms with Gasteiger partial charge in [-0.2, -0.15) is 0 Å². The molecule has 0 aliphatic heterocycles. The van der Waals surface area contributed by atoms with Crippen LogP contribution in [0.15, 0.2) is 47.6 Å². The quantitative estimate of drug-likeness (QED) is 0.362. The molecule has 0 saturated heterocycles. The van der Waals surface area contributed by atoms with Crippen LogP contribution >= 0.6 is 11.8 Å². The third kappa shape index (κ3) is 3.59. The van der Waals surface area contributed by atoms with E-state index in [9.17, 15) is 14.4 Å². The van der Waals surface area contributed by atoms with Crippen molar-refractivity contribution in [1.82, 2.24) is 14.9 Å². The lowest BCUT2D eigenvalue weighted by Gasteiger charge is -2.18. The maximum Gasteiger partial charge on any atom is 0.234 e. The van der Waals surface area contributed by atoms with E-state index in [4.69, 9.17) is 5.84 Å². The maximum atomic E-state index is 12.8. The van der Waals surface area contributed by atoms with E-state index in [0.29, 0.717) is 39.8 Å². The standard InChI is InChI=1S/C21H19N5O3S/c1-2-5-17-24-25-21(26(17)22)30-11-18(27)23-12-8-9-15-16(10-12)20(29)14-7-4-3-6-13(14)19(15)28/h3-4,6-10H,2,5,11,22H2,1H3,(H,23,27). The number of hydrogen-bond acceptors (Lipinski definition) is 7. The van der Waals surface area contributed by atoms with Crippen LogP contribution in [0.25, 0.3) is 0 Å². The summed E-state index contributed by atoms with van der Waals surface area (Å²) in [5.41, 5.74) is 1.84. The number of hydrogen-bond donors (Lipinski definition) is 2. The summed E-state index contributed by atoms with van der Waals surface area (Å²) >= 11 is 1.17. The summed E-state index contributed by atoms with van der Waals surface area (Å²) in [6.45, 7) is 2.02. The van der Waals surface area contributed by atoms with Gasteiger partial charge in [0.1, 0.15) is 0 Å². The molecule has 30 heavy (non-hydrogen) atoms. The Morgan fingerprint density at radius 1 is 1.03 bits per heavy atom. The highest BCUT2D eigenvalue weighted by Crippen LogP contribution is 2.29. The van der Waals surface area contributed by atoms with Crippen LogP contribution < -0.4 is 11.2 Å². The molecule has 0 bridgehead atoms. The van der Waals surface area contributed by atoms with E-state index in [1.807, 2.05) is 6.92 Å². The Morgan fingerprint density at radius 3 is 2.40 bits per heavy atom. The van der Waals surface area contributed by atoms with E-state index >= 15 is 0 Å².